The molecule has 18 heavy (non-hydrogen) atoms. The fourth-order valence-corrected chi connectivity index (χ4v) is 4.66. The number of hydrogen-bond donors (Lipinski definition) is 0. The highest BCUT2D eigenvalue weighted by atomic mass is 79.9. The van der Waals surface area contributed by atoms with Gasteiger partial charge in [-0.1, -0.05) is 63.7 Å². The Morgan fingerprint density at radius 1 is 0.500 bits per heavy atom. The first-order valence-corrected chi connectivity index (χ1v) is 10.8. The Hall–Kier alpha value is 2.50. The summed E-state index contributed by atoms with van der Waals surface area (Å²) in [4.78, 5) is 1.93. The third kappa shape index (κ3) is 6.51. The smallest absolute Gasteiger partial charge is 0.0500 e. The lowest BCUT2D eigenvalue weighted by Crippen LogP contribution is -2.25. The molecule has 1 rings (SSSR count). The maximum absolute atomic E-state index is 6.37. The summed E-state index contributed by atoms with van der Waals surface area (Å²) in [5, 5.41) is 0.138. The molecule has 0 bridgehead atoms. The van der Waals surface area contributed by atoms with Crippen LogP contribution in [0.25, 0.3) is 0 Å². The third-order valence-corrected chi connectivity index (χ3v) is 10.3. The fourth-order valence-electron chi connectivity index (χ4n) is 2.04. The predicted octanol–water partition coefficient (Wildman–Crippen LogP) is 6.61. The Bertz CT molecular complexity index is 180. The van der Waals surface area contributed by atoms with Crippen LogP contribution in [0.4, 0.5) is 0 Å². The molecule has 0 saturated heterocycles. The second-order valence-corrected chi connectivity index (χ2v) is 10.7. The molecule has 1 aliphatic carbocycles. The lowest BCUT2D eigenvalue weighted by Gasteiger charge is -2.25. The van der Waals surface area contributed by atoms with E-state index in [2.05, 4.69) is 63.7 Å². The van der Waals surface area contributed by atoms with Gasteiger partial charge in [-0.25, -0.2) is 0 Å². The van der Waals surface area contributed by atoms with Crippen LogP contribution in [-0.4, -0.2) is 30.1 Å². The number of halogens is 6. The highest BCUT2D eigenvalue weighted by Crippen LogP contribution is 2.33. The molecular weight excluding hydrogens is 535 g/mol. The zero-order valence-corrected chi connectivity index (χ0v) is 17.8. The van der Waals surface area contributed by atoms with E-state index >= 15 is 0 Å². The first-order chi connectivity index (χ1) is 8.41. The van der Waals surface area contributed by atoms with Crippen LogP contribution in [-0.2, 0) is 0 Å². The zero-order valence-electron chi connectivity index (χ0n) is 9.97. The average Bonchev–Trinajstić information content (AvgIpc) is 2.36. The van der Waals surface area contributed by atoms with Crippen molar-refractivity contribution in [2.75, 3.05) is 0 Å². The second kappa shape index (κ2) is 9.50. The van der Waals surface area contributed by atoms with Crippen LogP contribution in [0.5, 0.6) is 0 Å². The maximum atomic E-state index is 6.37. The first kappa shape index (κ1) is 18.5. The van der Waals surface area contributed by atoms with Gasteiger partial charge in [0.1, 0.15) is 0 Å². The largest absolute Gasteiger partial charge is 0.121 e. The molecule has 6 atom stereocenters. The van der Waals surface area contributed by atoms with Gasteiger partial charge < -0.3 is 0 Å². The van der Waals surface area contributed by atoms with E-state index in [1.807, 2.05) is 0 Å². The molecule has 0 N–H and O–H groups in total. The Morgan fingerprint density at radius 2 is 0.722 bits per heavy atom. The van der Waals surface area contributed by atoms with Gasteiger partial charge in [0.2, 0.25) is 0 Å². The number of hydrogen-bond acceptors (Lipinski definition) is 0. The predicted molar refractivity (Wildman–Crippen MR) is 97.8 cm³/mol. The van der Waals surface area contributed by atoms with Crippen molar-refractivity contribution in [2.45, 2.75) is 68.6 Å². The molecule has 0 heterocycles. The Labute approximate surface area is 154 Å². The van der Waals surface area contributed by atoms with E-state index in [-0.39, 0.29) is 10.8 Å². The normalized spacial score (nSPS) is 45.0. The highest BCUT2D eigenvalue weighted by Gasteiger charge is 2.26. The summed E-state index contributed by atoms with van der Waals surface area (Å²) in [6.45, 7) is 0. The molecule has 1 saturated carbocycles. The quantitative estimate of drug-likeness (QED) is 0.297. The molecule has 0 aliphatic heterocycles. The van der Waals surface area contributed by atoms with E-state index in [0.717, 1.165) is 38.5 Å². The molecule has 108 valence electrons. The van der Waals surface area contributed by atoms with Gasteiger partial charge in [-0.2, -0.15) is 0 Å². The monoisotopic (exact) mass is 548 g/mol. The molecule has 0 aromatic rings. The van der Waals surface area contributed by atoms with Crippen molar-refractivity contribution >= 4 is 86.9 Å². The summed E-state index contributed by atoms with van der Waals surface area (Å²) in [7, 11) is 0. The highest BCUT2D eigenvalue weighted by molar-refractivity contribution is 9.12. The van der Waals surface area contributed by atoms with Crippen LogP contribution in [0.2, 0.25) is 0 Å². The van der Waals surface area contributed by atoms with Gasteiger partial charge in [-0.05, 0) is 38.5 Å². The van der Waals surface area contributed by atoms with Gasteiger partial charge in [-0.3, -0.25) is 0 Å². The Morgan fingerprint density at radius 3 is 1.00 bits per heavy atom. The minimum atomic E-state index is 0.0688. The van der Waals surface area contributed by atoms with Gasteiger partial charge in [0, 0.05) is 30.1 Å². The summed E-state index contributed by atoms with van der Waals surface area (Å²) in [5.41, 5.74) is 0. The van der Waals surface area contributed by atoms with Crippen LogP contribution in [0.15, 0.2) is 0 Å². The van der Waals surface area contributed by atoms with E-state index in [4.69, 9.17) is 23.2 Å². The molecule has 0 aromatic carbocycles. The molecule has 1 aliphatic rings. The summed E-state index contributed by atoms with van der Waals surface area (Å²) >= 11 is 27.8. The van der Waals surface area contributed by atoms with Crippen LogP contribution in [0.1, 0.15) is 38.5 Å². The molecular formula is C12H18Br4Cl2. The van der Waals surface area contributed by atoms with Crippen molar-refractivity contribution in [1.29, 1.82) is 0 Å². The van der Waals surface area contributed by atoms with Crippen molar-refractivity contribution in [2.24, 2.45) is 0 Å². The van der Waals surface area contributed by atoms with Gasteiger partial charge >= 0.3 is 0 Å². The molecule has 0 nitrogen and oxygen atoms in total. The van der Waals surface area contributed by atoms with Crippen LogP contribution >= 0.6 is 86.9 Å². The molecule has 6 heteroatoms. The van der Waals surface area contributed by atoms with Gasteiger partial charge in [0.25, 0.3) is 0 Å². The van der Waals surface area contributed by atoms with E-state index < -0.39 is 0 Å². The van der Waals surface area contributed by atoms with Crippen LogP contribution in [0.3, 0.4) is 0 Å². The lowest BCUT2D eigenvalue weighted by molar-refractivity contribution is 0.545. The van der Waals surface area contributed by atoms with E-state index in [1.165, 1.54) is 0 Å². The van der Waals surface area contributed by atoms with Crippen molar-refractivity contribution in [1.82, 2.24) is 0 Å². The topological polar surface area (TPSA) is 0 Å². The van der Waals surface area contributed by atoms with Gasteiger partial charge in [0.05, 0.1) is 0 Å². The number of rotatable bonds is 0. The van der Waals surface area contributed by atoms with Gasteiger partial charge in [-0.15, -0.1) is 23.2 Å². The van der Waals surface area contributed by atoms with Crippen molar-refractivity contribution < 1.29 is 0 Å². The summed E-state index contributed by atoms with van der Waals surface area (Å²) in [6, 6.07) is 0. The van der Waals surface area contributed by atoms with Crippen LogP contribution in [0, 0.1) is 0 Å². The Balaban J connectivity index is 2.61. The molecule has 1 fully saturated rings. The van der Waals surface area contributed by atoms with Crippen LogP contribution < -0.4 is 0 Å². The summed E-state index contributed by atoms with van der Waals surface area (Å²) < 4.78 is 0. The molecule has 0 amide bonds. The third-order valence-electron chi connectivity index (χ3n) is 3.33. The maximum Gasteiger partial charge on any atom is 0.0500 e. The second-order valence-electron chi connectivity index (χ2n) is 4.83. The van der Waals surface area contributed by atoms with E-state index in [1.54, 1.807) is 0 Å². The average molecular weight is 553 g/mol. The lowest BCUT2D eigenvalue weighted by atomic mass is 10.0. The first-order valence-electron chi connectivity index (χ1n) is 6.26. The van der Waals surface area contributed by atoms with E-state index in [0.29, 0.717) is 19.3 Å². The zero-order chi connectivity index (χ0) is 13.7. The molecule has 0 spiro atoms. The standard InChI is InChI=1S/C12H18Br4Cl2/c13-7-1-2-8(14)10(16)4-6-12(18)11(17)5-3-9(7)15/h7-12H,1-6H2. The fraction of sp³-hybridized carbons (Fsp3) is 1.00. The van der Waals surface area contributed by atoms with E-state index in [9.17, 15) is 0 Å². The molecule has 0 radical (unpaired) electrons. The summed E-state index contributed by atoms with van der Waals surface area (Å²) in [5.74, 6) is 0. The van der Waals surface area contributed by atoms with Crippen molar-refractivity contribution in [3.63, 3.8) is 0 Å². The summed E-state index contributed by atoms with van der Waals surface area (Å²) in [6.07, 6.45) is 6.39. The van der Waals surface area contributed by atoms with Gasteiger partial charge in [0.15, 0.2) is 0 Å². The molecule has 0 aromatic heterocycles. The minimum Gasteiger partial charge on any atom is -0.121 e. The SMILES string of the molecule is ClC1CCC(Br)C(Br)CCC(Br)C(Br)CCC1Cl. The Kier molecular flexibility index (Phi) is 9.79. The minimum absolute atomic E-state index is 0.0688. The van der Waals surface area contributed by atoms with Crippen molar-refractivity contribution in [3.8, 4) is 0 Å². The number of alkyl halides is 6. The molecule has 6 unspecified atom stereocenters. The van der Waals surface area contributed by atoms with Crippen molar-refractivity contribution in [3.05, 3.63) is 0 Å².